The molecule has 0 aliphatic carbocycles. The predicted octanol–water partition coefficient (Wildman–Crippen LogP) is 4.96. The molecule has 0 N–H and O–H groups in total. The van der Waals surface area contributed by atoms with Gasteiger partial charge in [-0.25, -0.2) is 0 Å². The summed E-state index contributed by atoms with van der Waals surface area (Å²) in [6.07, 6.45) is 0. The van der Waals surface area contributed by atoms with Crippen molar-refractivity contribution in [3.05, 3.63) is 41.5 Å². The van der Waals surface area contributed by atoms with E-state index >= 15 is 0 Å². The Balaban J connectivity index is 0. The highest BCUT2D eigenvalue weighted by Gasteiger charge is 2.06. The highest BCUT2D eigenvalue weighted by atomic mass is 16.1. The molecule has 0 spiro atoms. The number of allylic oxidation sites excluding steroid dienone is 1. The van der Waals surface area contributed by atoms with Gasteiger partial charge in [-0.15, -0.1) is 0 Å². The summed E-state index contributed by atoms with van der Waals surface area (Å²) < 4.78 is 0. The van der Waals surface area contributed by atoms with Crippen LogP contribution in [0, 0.1) is 13.8 Å². The van der Waals surface area contributed by atoms with Crippen molar-refractivity contribution < 1.29 is 4.79 Å². The molecule has 1 nitrogen and oxygen atoms in total. The zero-order chi connectivity index (χ0) is 14.0. The second-order valence-corrected chi connectivity index (χ2v) is 3.35. The molecule has 0 unspecified atom stereocenters. The van der Waals surface area contributed by atoms with Crippen LogP contribution in [-0.2, 0) is 4.79 Å². The summed E-state index contributed by atoms with van der Waals surface area (Å²) in [4.78, 5) is 11.1. The van der Waals surface area contributed by atoms with Gasteiger partial charge in [-0.1, -0.05) is 58.0 Å². The van der Waals surface area contributed by atoms with Crippen molar-refractivity contribution in [3.63, 3.8) is 0 Å². The molecule has 0 atom stereocenters. The summed E-state index contributed by atoms with van der Waals surface area (Å²) in [6.45, 7) is 17.3. The molecule has 1 rings (SSSR count). The summed E-state index contributed by atoms with van der Waals surface area (Å²) in [5.74, 6) is 0.0358. The summed E-state index contributed by atoms with van der Waals surface area (Å²) in [7, 11) is 0. The third kappa shape index (κ3) is 6.06. The lowest BCUT2D eigenvalue weighted by Crippen LogP contribution is -1.97. The minimum atomic E-state index is 0.0358. The van der Waals surface area contributed by atoms with Crippen LogP contribution < -0.4 is 0 Å². The number of benzene rings is 1. The standard InChI is InChI=1S/C12H14O.2C2H6/c1-8-5-6-9(2)12(7-8)10(3)11(4)13;2*1-2/h5-7H,3H2,1-2,4H3;2*1-2H3. The van der Waals surface area contributed by atoms with Crippen LogP contribution in [0.3, 0.4) is 0 Å². The van der Waals surface area contributed by atoms with Crippen LogP contribution in [0.4, 0.5) is 0 Å². The lowest BCUT2D eigenvalue weighted by atomic mass is 9.97. The molecule has 0 aliphatic heterocycles. The van der Waals surface area contributed by atoms with Crippen molar-refractivity contribution in [1.82, 2.24) is 0 Å². The predicted molar refractivity (Wildman–Crippen MR) is 78.3 cm³/mol. The number of carbonyl (C=O) groups excluding carboxylic acids is 1. The summed E-state index contributed by atoms with van der Waals surface area (Å²) in [6, 6.07) is 6.05. The van der Waals surface area contributed by atoms with Crippen LogP contribution in [0.15, 0.2) is 24.8 Å². The van der Waals surface area contributed by atoms with E-state index in [1.807, 2.05) is 59.7 Å². The molecule has 0 bridgehead atoms. The molecular weight excluding hydrogens is 208 g/mol. The van der Waals surface area contributed by atoms with E-state index in [4.69, 9.17) is 0 Å². The number of hydrogen-bond donors (Lipinski definition) is 0. The van der Waals surface area contributed by atoms with E-state index < -0.39 is 0 Å². The average molecular weight is 234 g/mol. The van der Waals surface area contributed by atoms with E-state index in [-0.39, 0.29) is 5.78 Å². The first kappa shape index (κ1) is 18.0. The van der Waals surface area contributed by atoms with Gasteiger partial charge in [0.1, 0.15) is 0 Å². The molecule has 0 saturated carbocycles. The molecule has 0 fully saturated rings. The Bertz CT molecular complexity index is 362. The number of rotatable bonds is 2. The molecule has 1 aromatic carbocycles. The minimum absolute atomic E-state index is 0.0358. The molecule has 1 heteroatoms. The molecule has 1 aromatic rings. The smallest absolute Gasteiger partial charge is 0.159 e. The van der Waals surface area contributed by atoms with E-state index in [2.05, 4.69) is 6.58 Å². The summed E-state index contributed by atoms with van der Waals surface area (Å²) >= 11 is 0. The van der Waals surface area contributed by atoms with E-state index in [1.54, 1.807) is 6.92 Å². The number of carbonyl (C=O) groups is 1. The molecule has 17 heavy (non-hydrogen) atoms. The normalized spacial score (nSPS) is 8.18. The maximum atomic E-state index is 11.1. The second kappa shape index (κ2) is 9.83. The fourth-order valence-corrected chi connectivity index (χ4v) is 1.25. The number of Topliss-reactive ketones (excluding diaryl/α,β-unsaturated/α-hetero) is 1. The average Bonchev–Trinajstić information content (AvgIpc) is 2.36. The zero-order valence-electron chi connectivity index (χ0n) is 12.3. The molecule has 0 aliphatic rings. The highest BCUT2D eigenvalue weighted by molar-refractivity contribution is 6.19. The van der Waals surface area contributed by atoms with Gasteiger partial charge in [-0.2, -0.15) is 0 Å². The van der Waals surface area contributed by atoms with Crippen LogP contribution >= 0.6 is 0 Å². The van der Waals surface area contributed by atoms with Crippen LogP contribution in [0.25, 0.3) is 5.57 Å². The van der Waals surface area contributed by atoms with Crippen LogP contribution in [0.1, 0.15) is 51.3 Å². The number of hydrogen-bond acceptors (Lipinski definition) is 1. The minimum Gasteiger partial charge on any atom is -0.295 e. The Hall–Kier alpha value is -1.37. The summed E-state index contributed by atoms with van der Waals surface area (Å²) in [5, 5.41) is 0. The topological polar surface area (TPSA) is 17.1 Å². The van der Waals surface area contributed by atoms with Gasteiger partial charge in [-0.05, 0) is 31.9 Å². The van der Waals surface area contributed by atoms with Crippen molar-refractivity contribution in [2.24, 2.45) is 0 Å². The van der Waals surface area contributed by atoms with Gasteiger partial charge in [0.25, 0.3) is 0 Å². The summed E-state index contributed by atoms with van der Waals surface area (Å²) in [5.41, 5.74) is 3.82. The quantitative estimate of drug-likeness (QED) is 0.661. The zero-order valence-corrected chi connectivity index (χ0v) is 12.3. The van der Waals surface area contributed by atoms with Crippen molar-refractivity contribution >= 4 is 11.4 Å². The van der Waals surface area contributed by atoms with Crippen molar-refractivity contribution in [1.29, 1.82) is 0 Å². The van der Waals surface area contributed by atoms with Crippen molar-refractivity contribution in [2.75, 3.05) is 0 Å². The van der Waals surface area contributed by atoms with Gasteiger partial charge in [0, 0.05) is 5.57 Å². The molecule has 0 heterocycles. The molecule has 96 valence electrons. The molecule has 0 radical (unpaired) electrons. The first-order valence-electron chi connectivity index (χ1n) is 6.30. The molecule has 0 aromatic heterocycles. The van der Waals surface area contributed by atoms with Gasteiger partial charge >= 0.3 is 0 Å². The molecule has 0 saturated heterocycles. The highest BCUT2D eigenvalue weighted by Crippen LogP contribution is 2.19. The lowest BCUT2D eigenvalue weighted by Gasteiger charge is -2.06. The van der Waals surface area contributed by atoms with Gasteiger partial charge in [0.05, 0.1) is 0 Å². The fraction of sp³-hybridized carbons (Fsp3) is 0.438. The van der Waals surface area contributed by atoms with Crippen molar-refractivity contribution in [3.8, 4) is 0 Å². The Labute approximate surface area is 107 Å². The van der Waals surface area contributed by atoms with Gasteiger partial charge in [0.2, 0.25) is 0 Å². The van der Waals surface area contributed by atoms with E-state index in [0.717, 1.165) is 16.7 Å². The van der Waals surface area contributed by atoms with Crippen LogP contribution in [0.2, 0.25) is 0 Å². The number of aryl methyl sites for hydroxylation is 2. The van der Waals surface area contributed by atoms with Gasteiger partial charge < -0.3 is 0 Å². The SMILES string of the molecule is C=C(C(C)=O)c1cc(C)ccc1C.CC.CC. The lowest BCUT2D eigenvalue weighted by molar-refractivity contribution is -0.111. The number of ketones is 1. The first-order valence-corrected chi connectivity index (χ1v) is 6.30. The van der Waals surface area contributed by atoms with Gasteiger partial charge in [0.15, 0.2) is 5.78 Å². The van der Waals surface area contributed by atoms with E-state index in [0.29, 0.717) is 5.57 Å². The monoisotopic (exact) mass is 234 g/mol. The second-order valence-electron chi connectivity index (χ2n) is 3.35. The van der Waals surface area contributed by atoms with Crippen LogP contribution in [-0.4, -0.2) is 5.78 Å². The maximum Gasteiger partial charge on any atom is 0.159 e. The maximum absolute atomic E-state index is 11.1. The van der Waals surface area contributed by atoms with E-state index in [9.17, 15) is 4.79 Å². The van der Waals surface area contributed by atoms with Crippen LogP contribution in [0.5, 0.6) is 0 Å². The third-order valence-corrected chi connectivity index (χ3v) is 2.14. The van der Waals surface area contributed by atoms with Crippen molar-refractivity contribution in [2.45, 2.75) is 48.5 Å². The fourth-order valence-electron chi connectivity index (χ4n) is 1.25. The Kier molecular flexibility index (Phi) is 10.4. The largest absolute Gasteiger partial charge is 0.295 e. The Morgan fingerprint density at radius 2 is 1.53 bits per heavy atom. The first-order chi connectivity index (χ1) is 8.02. The Morgan fingerprint density at radius 1 is 1.06 bits per heavy atom. The third-order valence-electron chi connectivity index (χ3n) is 2.14. The molecular formula is C16H26O. The molecule has 0 amide bonds. The Morgan fingerprint density at radius 3 is 1.94 bits per heavy atom. The van der Waals surface area contributed by atoms with Gasteiger partial charge in [-0.3, -0.25) is 4.79 Å². The van der Waals surface area contributed by atoms with E-state index in [1.165, 1.54) is 0 Å².